The summed E-state index contributed by atoms with van der Waals surface area (Å²) in [5, 5.41) is 0. The summed E-state index contributed by atoms with van der Waals surface area (Å²) in [5.41, 5.74) is 2.45. The van der Waals surface area contributed by atoms with Crippen molar-refractivity contribution in [2.24, 2.45) is 5.41 Å². The van der Waals surface area contributed by atoms with Crippen LogP contribution in [-0.2, 0) is 0 Å². The largest absolute Gasteiger partial charge is 0.264 e. The average molecular weight is 226 g/mol. The number of pyridine rings is 2. The van der Waals surface area contributed by atoms with Crippen LogP contribution >= 0.6 is 0 Å². The first-order valence-electron chi connectivity index (χ1n) is 5.90. The average Bonchev–Trinajstić information content (AvgIpc) is 2.30. The molecule has 0 bridgehead atoms. The monoisotopic (exact) mass is 226 g/mol. The highest BCUT2D eigenvalue weighted by atomic mass is 14.7. The van der Waals surface area contributed by atoms with Crippen molar-refractivity contribution in [3.05, 3.63) is 60.2 Å². The van der Waals surface area contributed by atoms with E-state index in [1.54, 1.807) is 0 Å². The molecule has 2 heteroatoms. The zero-order valence-corrected chi connectivity index (χ0v) is 10.6. The van der Waals surface area contributed by atoms with Gasteiger partial charge in [0, 0.05) is 30.2 Å². The van der Waals surface area contributed by atoms with Crippen LogP contribution < -0.4 is 0 Å². The van der Waals surface area contributed by atoms with Crippen LogP contribution in [0, 0.1) is 5.41 Å². The Kier molecular flexibility index (Phi) is 3.23. The van der Waals surface area contributed by atoms with Crippen LogP contribution in [0.2, 0.25) is 0 Å². The fourth-order valence-electron chi connectivity index (χ4n) is 2.21. The van der Waals surface area contributed by atoms with Gasteiger partial charge in [0.25, 0.3) is 0 Å². The lowest BCUT2D eigenvalue weighted by Crippen LogP contribution is -2.20. The second-order valence-electron chi connectivity index (χ2n) is 5.34. The van der Waals surface area contributed by atoms with Gasteiger partial charge in [-0.3, -0.25) is 9.97 Å². The molecule has 2 heterocycles. The van der Waals surface area contributed by atoms with Crippen LogP contribution in [0.3, 0.4) is 0 Å². The lowest BCUT2D eigenvalue weighted by atomic mass is 9.75. The van der Waals surface area contributed by atoms with Crippen LogP contribution in [0.4, 0.5) is 0 Å². The summed E-state index contributed by atoms with van der Waals surface area (Å²) < 4.78 is 0. The molecule has 0 saturated heterocycles. The van der Waals surface area contributed by atoms with E-state index in [9.17, 15) is 0 Å². The molecule has 0 radical (unpaired) electrons. The molecule has 0 aliphatic carbocycles. The Labute approximate surface area is 103 Å². The summed E-state index contributed by atoms with van der Waals surface area (Å²) in [5.74, 6) is 0.275. The number of rotatable bonds is 2. The number of nitrogens with zero attached hydrogens (tertiary/aromatic N) is 2. The zero-order valence-electron chi connectivity index (χ0n) is 10.6. The fourth-order valence-corrected chi connectivity index (χ4v) is 2.21. The highest BCUT2D eigenvalue weighted by Crippen LogP contribution is 2.38. The SMILES string of the molecule is CC(C)(C)C(c1cccnc1)c1ccccn1. The van der Waals surface area contributed by atoms with Crippen LogP contribution in [0.5, 0.6) is 0 Å². The molecule has 1 unspecified atom stereocenters. The summed E-state index contributed by atoms with van der Waals surface area (Å²) >= 11 is 0. The van der Waals surface area contributed by atoms with Crippen molar-refractivity contribution in [2.75, 3.05) is 0 Å². The topological polar surface area (TPSA) is 25.8 Å². The van der Waals surface area contributed by atoms with Gasteiger partial charge in [-0.1, -0.05) is 32.9 Å². The van der Waals surface area contributed by atoms with Crippen molar-refractivity contribution in [3.63, 3.8) is 0 Å². The summed E-state index contributed by atoms with van der Waals surface area (Å²) in [4.78, 5) is 8.71. The van der Waals surface area contributed by atoms with E-state index in [-0.39, 0.29) is 11.3 Å². The molecular formula is C15H18N2. The Hall–Kier alpha value is -1.70. The van der Waals surface area contributed by atoms with Crippen LogP contribution in [0.15, 0.2) is 48.9 Å². The smallest absolute Gasteiger partial charge is 0.0484 e. The predicted octanol–water partition coefficient (Wildman–Crippen LogP) is 3.65. The molecule has 2 rings (SSSR count). The minimum absolute atomic E-state index is 0.122. The molecule has 0 aliphatic heterocycles. The second kappa shape index (κ2) is 4.66. The Morgan fingerprint density at radius 3 is 2.35 bits per heavy atom. The van der Waals surface area contributed by atoms with Gasteiger partial charge >= 0.3 is 0 Å². The standard InChI is InChI=1S/C15H18N2/c1-15(2,3)14(12-7-6-9-16-11-12)13-8-4-5-10-17-13/h4-11,14H,1-3H3. The molecule has 0 amide bonds. The third kappa shape index (κ3) is 2.70. The van der Waals surface area contributed by atoms with Crippen LogP contribution in [-0.4, -0.2) is 9.97 Å². The molecular weight excluding hydrogens is 208 g/mol. The van der Waals surface area contributed by atoms with Crippen molar-refractivity contribution < 1.29 is 0 Å². The Bertz CT molecular complexity index is 418. The van der Waals surface area contributed by atoms with Gasteiger partial charge in [-0.15, -0.1) is 0 Å². The van der Waals surface area contributed by atoms with Crippen molar-refractivity contribution >= 4 is 0 Å². The van der Waals surface area contributed by atoms with Gasteiger partial charge in [0.2, 0.25) is 0 Å². The first-order valence-corrected chi connectivity index (χ1v) is 5.90. The number of hydrogen-bond acceptors (Lipinski definition) is 2. The first kappa shape index (κ1) is 11.8. The van der Waals surface area contributed by atoms with E-state index >= 15 is 0 Å². The highest BCUT2D eigenvalue weighted by Gasteiger charge is 2.28. The third-order valence-corrected chi connectivity index (χ3v) is 2.87. The van der Waals surface area contributed by atoms with E-state index in [1.807, 2.05) is 36.8 Å². The molecule has 0 spiro atoms. The Morgan fingerprint density at radius 2 is 1.82 bits per heavy atom. The Balaban J connectivity index is 2.48. The second-order valence-corrected chi connectivity index (χ2v) is 5.34. The lowest BCUT2D eigenvalue weighted by molar-refractivity contribution is 0.352. The fraction of sp³-hybridized carbons (Fsp3) is 0.333. The van der Waals surface area contributed by atoms with Gasteiger partial charge in [0.1, 0.15) is 0 Å². The minimum atomic E-state index is 0.122. The minimum Gasteiger partial charge on any atom is -0.264 e. The van der Waals surface area contributed by atoms with E-state index in [0.717, 1.165) is 5.69 Å². The van der Waals surface area contributed by atoms with Gasteiger partial charge in [-0.25, -0.2) is 0 Å². The summed E-state index contributed by atoms with van der Waals surface area (Å²) in [6, 6.07) is 10.2. The van der Waals surface area contributed by atoms with Gasteiger partial charge in [-0.05, 0) is 29.2 Å². The van der Waals surface area contributed by atoms with Crippen LogP contribution in [0.1, 0.15) is 37.9 Å². The van der Waals surface area contributed by atoms with Crippen molar-refractivity contribution in [1.82, 2.24) is 9.97 Å². The molecule has 0 fully saturated rings. The number of aromatic nitrogens is 2. The van der Waals surface area contributed by atoms with E-state index in [2.05, 4.69) is 42.9 Å². The molecule has 2 aromatic rings. The van der Waals surface area contributed by atoms with Gasteiger partial charge in [0.05, 0.1) is 0 Å². The molecule has 0 aromatic carbocycles. The molecule has 0 N–H and O–H groups in total. The van der Waals surface area contributed by atoms with Gasteiger partial charge in [0.15, 0.2) is 0 Å². The maximum absolute atomic E-state index is 4.49. The molecule has 88 valence electrons. The third-order valence-electron chi connectivity index (χ3n) is 2.87. The lowest BCUT2D eigenvalue weighted by Gasteiger charge is -2.30. The Morgan fingerprint density at radius 1 is 1.00 bits per heavy atom. The van der Waals surface area contributed by atoms with Gasteiger partial charge < -0.3 is 0 Å². The van der Waals surface area contributed by atoms with Gasteiger partial charge in [-0.2, -0.15) is 0 Å². The molecule has 1 atom stereocenters. The quantitative estimate of drug-likeness (QED) is 0.781. The van der Waals surface area contributed by atoms with Crippen molar-refractivity contribution in [1.29, 1.82) is 0 Å². The summed E-state index contributed by atoms with van der Waals surface area (Å²) in [7, 11) is 0. The van der Waals surface area contributed by atoms with Crippen molar-refractivity contribution in [2.45, 2.75) is 26.7 Å². The van der Waals surface area contributed by atoms with E-state index in [4.69, 9.17) is 0 Å². The normalized spacial score (nSPS) is 13.4. The van der Waals surface area contributed by atoms with Crippen LogP contribution in [0.25, 0.3) is 0 Å². The van der Waals surface area contributed by atoms with E-state index in [1.165, 1.54) is 5.56 Å². The maximum Gasteiger partial charge on any atom is 0.0484 e. The highest BCUT2D eigenvalue weighted by molar-refractivity contribution is 5.28. The molecule has 0 aliphatic rings. The molecule has 2 nitrogen and oxygen atoms in total. The molecule has 2 aromatic heterocycles. The number of hydrogen-bond donors (Lipinski definition) is 0. The molecule has 0 saturated carbocycles. The summed E-state index contributed by atoms with van der Waals surface area (Å²) in [6.45, 7) is 6.71. The summed E-state index contributed by atoms with van der Waals surface area (Å²) in [6.07, 6.45) is 5.59. The van der Waals surface area contributed by atoms with E-state index in [0.29, 0.717) is 0 Å². The first-order chi connectivity index (χ1) is 8.09. The molecule has 17 heavy (non-hydrogen) atoms. The van der Waals surface area contributed by atoms with Crippen molar-refractivity contribution in [3.8, 4) is 0 Å². The predicted molar refractivity (Wildman–Crippen MR) is 69.8 cm³/mol. The maximum atomic E-state index is 4.49. The zero-order chi connectivity index (χ0) is 12.3. The van der Waals surface area contributed by atoms with E-state index < -0.39 is 0 Å².